The Bertz CT molecular complexity index is 573. The van der Waals surface area contributed by atoms with E-state index < -0.39 is 29.5 Å². The van der Waals surface area contributed by atoms with Crippen LogP contribution in [0.2, 0.25) is 0 Å². The summed E-state index contributed by atoms with van der Waals surface area (Å²) < 4.78 is 14.6. The molecular weight excluding hydrogens is 302 g/mol. The van der Waals surface area contributed by atoms with Crippen LogP contribution in [0.25, 0.3) is 0 Å². The maximum atomic E-state index is 12.4. The summed E-state index contributed by atoms with van der Waals surface area (Å²) in [5.74, 6) is -0.918. The molecule has 0 aliphatic rings. The number of ether oxygens (including phenoxy) is 3. The van der Waals surface area contributed by atoms with Gasteiger partial charge in [0.25, 0.3) is 0 Å². The standard InChI is InChI=1S/C16H21NO6/c1-16(2,3)23-15(20)17-12(14(19)22-5)13(18)10-6-8-11(21-4)9-7-10/h6-9,12H,1-5H3,(H,17,20). The molecule has 1 aromatic carbocycles. The van der Waals surface area contributed by atoms with Crippen molar-refractivity contribution >= 4 is 17.8 Å². The van der Waals surface area contributed by atoms with Gasteiger partial charge in [-0.3, -0.25) is 4.79 Å². The summed E-state index contributed by atoms with van der Waals surface area (Å²) in [5.41, 5.74) is -0.522. The molecule has 0 saturated carbocycles. The first kappa shape index (κ1) is 18.5. The van der Waals surface area contributed by atoms with Crippen molar-refractivity contribution in [2.45, 2.75) is 32.4 Å². The van der Waals surface area contributed by atoms with Gasteiger partial charge in [0, 0.05) is 5.56 Å². The number of nitrogens with one attached hydrogen (secondary N) is 1. The van der Waals surface area contributed by atoms with Crippen LogP contribution in [0.15, 0.2) is 24.3 Å². The maximum absolute atomic E-state index is 12.4. The van der Waals surface area contributed by atoms with Crippen molar-refractivity contribution in [2.75, 3.05) is 14.2 Å². The largest absolute Gasteiger partial charge is 0.497 e. The first-order chi connectivity index (χ1) is 10.7. The molecule has 7 nitrogen and oxygen atoms in total. The van der Waals surface area contributed by atoms with Crippen molar-refractivity contribution < 1.29 is 28.6 Å². The molecule has 1 atom stereocenters. The number of hydrogen-bond acceptors (Lipinski definition) is 6. The van der Waals surface area contributed by atoms with Crippen LogP contribution in [0.4, 0.5) is 4.79 Å². The van der Waals surface area contributed by atoms with Gasteiger partial charge in [-0.2, -0.15) is 0 Å². The third kappa shape index (κ3) is 5.61. The summed E-state index contributed by atoms with van der Waals surface area (Å²) in [6, 6.07) is 4.66. The van der Waals surface area contributed by atoms with E-state index in [0.29, 0.717) is 5.75 Å². The van der Waals surface area contributed by atoms with Gasteiger partial charge in [-0.05, 0) is 45.0 Å². The van der Waals surface area contributed by atoms with Gasteiger partial charge in [-0.15, -0.1) is 0 Å². The molecule has 0 fully saturated rings. The second-order valence-electron chi connectivity index (χ2n) is 5.70. The topological polar surface area (TPSA) is 90.9 Å². The molecule has 0 aliphatic carbocycles. The molecule has 0 saturated heterocycles. The molecule has 0 spiro atoms. The van der Waals surface area contributed by atoms with E-state index in [1.165, 1.54) is 19.2 Å². The van der Waals surface area contributed by atoms with Crippen LogP contribution < -0.4 is 10.1 Å². The molecule has 126 valence electrons. The second kappa shape index (κ2) is 7.62. The minimum absolute atomic E-state index is 0.234. The zero-order chi connectivity index (χ0) is 17.6. The molecule has 23 heavy (non-hydrogen) atoms. The highest BCUT2D eigenvalue weighted by molar-refractivity contribution is 6.13. The molecule has 0 aromatic heterocycles. The predicted octanol–water partition coefficient (Wildman–Crippen LogP) is 1.94. The van der Waals surface area contributed by atoms with Crippen LogP contribution in [0.3, 0.4) is 0 Å². The first-order valence-electron chi connectivity index (χ1n) is 6.93. The number of rotatable bonds is 5. The molecule has 0 aliphatic heterocycles. The fourth-order valence-corrected chi connectivity index (χ4v) is 1.70. The molecule has 1 aromatic rings. The molecule has 7 heteroatoms. The maximum Gasteiger partial charge on any atom is 0.408 e. The molecular formula is C16H21NO6. The fourth-order valence-electron chi connectivity index (χ4n) is 1.70. The molecule has 0 radical (unpaired) electrons. The number of carbonyl (C=O) groups excluding carboxylic acids is 3. The van der Waals surface area contributed by atoms with Gasteiger partial charge in [0.15, 0.2) is 11.8 Å². The Balaban J connectivity index is 2.94. The number of amides is 1. The highest BCUT2D eigenvalue weighted by atomic mass is 16.6. The average molecular weight is 323 g/mol. The highest BCUT2D eigenvalue weighted by Gasteiger charge is 2.32. The van der Waals surface area contributed by atoms with E-state index in [1.54, 1.807) is 32.9 Å². The van der Waals surface area contributed by atoms with E-state index in [9.17, 15) is 14.4 Å². The number of Topliss-reactive ketones (excluding diaryl/α,β-unsaturated/α-hetero) is 1. The van der Waals surface area contributed by atoms with Crippen LogP contribution in [0.1, 0.15) is 31.1 Å². The quantitative estimate of drug-likeness (QED) is 0.506. The summed E-state index contributed by atoms with van der Waals surface area (Å²) >= 11 is 0. The lowest BCUT2D eigenvalue weighted by molar-refractivity contribution is -0.141. The van der Waals surface area contributed by atoms with E-state index in [4.69, 9.17) is 9.47 Å². The fraction of sp³-hybridized carbons (Fsp3) is 0.438. The Labute approximate surface area is 134 Å². The molecule has 1 unspecified atom stereocenters. The van der Waals surface area contributed by atoms with Crippen LogP contribution in [0, 0.1) is 0 Å². The summed E-state index contributed by atoms with van der Waals surface area (Å²) in [6.07, 6.45) is -0.880. The van der Waals surface area contributed by atoms with E-state index >= 15 is 0 Å². The summed E-state index contributed by atoms with van der Waals surface area (Å²) in [5, 5.41) is 2.23. The normalized spacial score (nSPS) is 12.0. The lowest BCUT2D eigenvalue weighted by atomic mass is 10.0. The zero-order valence-corrected chi connectivity index (χ0v) is 13.8. The minimum Gasteiger partial charge on any atom is -0.497 e. The number of hydrogen-bond donors (Lipinski definition) is 1. The Morgan fingerprint density at radius 2 is 1.61 bits per heavy atom. The van der Waals surface area contributed by atoms with Crippen molar-refractivity contribution in [3.63, 3.8) is 0 Å². The van der Waals surface area contributed by atoms with Crippen molar-refractivity contribution in [2.24, 2.45) is 0 Å². The summed E-state index contributed by atoms with van der Waals surface area (Å²) in [6.45, 7) is 5.01. The Morgan fingerprint density at radius 1 is 1.04 bits per heavy atom. The lowest BCUT2D eigenvalue weighted by Crippen LogP contribution is -2.48. The summed E-state index contributed by atoms with van der Waals surface area (Å²) in [4.78, 5) is 36.1. The molecule has 0 bridgehead atoms. The van der Waals surface area contributed by atoms with E-state index in [1.807, 2.05) is 0 Å². The smallest absolute Gasteiger partial charge is 0.408 e. The van der Waals surface area contributed by atoms with Crippen LogP contribution in [0.5, 0.6) is 5.75 Å². The second-order valence-corrected chi connectivity index (χ2v) is 5.70. The third-order valence-electron chi connectivity index (χ3n) is 2.73. The summed E-state index contributed by atoms with van der Waals surface area (Å²) in [7, 11) is 2.63. The number of carbonyl (C=O) groups is 3. The Hall–Kier alpha value is -2.57. The highest BCUT2D eigenvalue weighted by Crippen LogP contribution is 2.14. The average Bonchev–Trinajstić information content (AvgIpc) is 2.49. The van der Waals surface area contributed by atoms with Crippen LogP contribution in [-0.2, 0) is 14.3 Å². The first-order valence-corrected chi connectivity index (χ1v) is 6.93. The zero-order valence-electron chi connectivity index (χ0n) is 13.8. The van der Waals surface area contributed by atoms with Crippen LogP contribution >= 0.6 is 0 Å². The predicted molar refractivity (Wildman–Crippen MR) is 82.5 cm³/mol. The molecule has 0 heterocycles. The number of ketones is 1. The van der Waals surface area contributed by atoms with E-state index in [2.05, 4.69) is 10.1 Å². The van der Waals surface area contributed by atoms with E-state index in [-0.39, 0.29) is 5.56 Å². The SMILES string of the molecule is COC(=O)C(NC(=O)OC(C)(C)C)C(=O)c1ccc(OC)cc1. The molecule has 1 rings (SSSR count). The monoisotopic (exact) mass is 323 g/mol. The Morgan fingerprint density at radius 3 is 2.04 bits per heavy atom. The van der Waals surface area contributed by atoms with Gasteiger partial charge in [0.05, 0.1) is 14.2 Å². The van der Waals surface area contributed by atoms with Crippen molar-refractivity contribution in [3.05, 3.63) is 29.8 Å². The number of benzene rings is 1. The number of esters is 1. The Kier molecular flexibility index (Phi) is 6.12. The van der Waals surface area contributed by atoms with Crippen molar-refractivity contribution in [3.8, 4) is 5.75 Å². The number of methoxy groups -OCH3 is 2. The molecule has 1 amide bonds. The van der Waals surface area contributed by atoms with Gasteiger partial charge < -0.3 is 19.5 Å². The molecule has 1 N–H and O–H groups in total. The van der Waals surface area contributed by atoms with Gasteiger partial charge >= 0.3 is 12.1 Å². The van der Waals surface area contributed by atoms with Crippen molar-refractivity contribution in [1.82, 2.24) is 5.32 Å². The van der Waals surface area contributed by atoms with Crippen LogP contribution in [-0.4, -0.2) is 43.7 Å². The van der Waals surface area contributed by atoms with Gasteiger partial charge in [0.2, 0.25) is 0 Å². The minimum atomic E-state index is -1.48. The lowest BCUT2D eigenvalue weighted by Gasteiger charge is -2.22. The van der Waals surface area contributed by atoms with Gasteiger partial charge in [0.1, 0.15) is 11.4 Å². The van der Waals surface area contributed by atoms with Gasteiger partial charge in [-0.25, -0.2) is 9.59 Å². The van der Waals surface area contributed by atoms with Gasteiger partial charge in [-0.1, -0.05) is 0 Å². The third-order valence-corrected chi connectivity index (χ3v) is 2.73. The van der Waals surface area contributed by atoms with E-state index in [0.717, 1.165) is 7.11 Å². The van der Waals surface area contributed by atoms with Crippen molar-refractivity contribution in [1.29, 1.82) is 0 Å². The number of alkyl carbamates (subject to hydrolysis) is 1.